The molecule has 0 aliphatic carbocycles. The minimum Gasteiger partial charge on any atom is -0.392 e. The minimum absolute atomic E-state index is 0.0434. The summed E-state index contributed by atoms with van der Waals surface area (Å²) >= 11 is 0. The van der Waals surface area contributed by atoms with Gasteiger partial charge in [0.05, 0.1) is 23.7 Å². The maximum absolute atomic E-state index is 13.9. The molecule has 5 aromatic rings. The second-order valence-electron chi connectivity index (χ2n) is 14.0. The lowest BCUT2D eigenvalue weighted by Crippen LogP contribution is -2.50. The molecule has 3 heterocycles. The average Bonchev–Trinajstić information content (AvgIpc) is 3.22. The van der Waals surface area contributed by atoms with E-state index in [1.807, 2.05) is 85.8 Å². The van der Waals surface area contributed by atoms with Crippen LogP contribution in [0.15, 0.2) is 126 Å². The van der Waals surface area contributed by atoms with Gasteiger partial charge in [0, 0.05) is 62.8 Å². The zero-order valence-electron chi connectivity index (χ0n) is 30.7. The third kappa shape index (κ3) is 10.00. The van der Waals surface area contributed by atoms with Gasteiger partial charge in [0.1, 0.15) is 6.04 Å². The first-order valence-electron chi connectivity index (χ1n) is 18.5. The van der Waals surface area contributed by atoms with Crippen LogP contribution in [0, 0.1) is 6.92 Å². The summed E-state index contributed by atoms with van der Waals surface area (Å²) < 4.78 is 42.8. The Balaban J connectivity index is 1.08. The van der Waals surface area contributed by atoms with Gasteiger partial charge in [-0.1, -0.05) is 84.4 Å². The molecule has 2 aliphatic heterocycles. The monoisotopic (exact) mass is 762 g/mol. The van der Waals surface area contributed by atoms with Gasteiger partial charge in [0.25, 0.3) is 0 Å². The van der Waals surface area contributed by atoms with Gasteiger partial charge in [0.2, 0.25) is 21.9 Å². The predicted octanol–water partition coefficient (Wildman–Crippen LogP) is 5.17. The SMILES string of the molecule is Cc1ccc(S(=O)(=O)NC(Cc2ccccc2)C(=O)Nc2cccc(C3OC(CN4CCN(c5ncccn5)CC4)CC(c4ccc(CO)cc4)O3)c2)cc1. The minimum atomic E-state index is -4.01. The number of carbonyl (C=O) groups excluding carboxylic acids is 1. The molecule has 4 unspecified atom stereocenters. The van der Waals surface area contributed by atoms with Crippen molar-refractivity contribution in [1.82, 2.24) is 19.6 Å². The molecule has 2 aliphatic rings. The summed E-state index contributed by atoms with van der Waals surface area (Å²) in [5.41, 5.74) is 4.73. The summed E-state index contributed by atoms with van der Waals surface area (Å²) in [6.45, 7) is 5.81. The zero-order valence-corrected chi connectivity index (χ0v) is 31.5. The highest BCUT2D eigenvalue weighted by atomic mass is 32.2. The summed E-state index contributed by atoms with van der Waals surface area (Å²) in [5.74, 6) is 0.236. The van der Waals surface area contributed by atoms with Crippen LogP contribution in [0.2, 0.25) is 0 Å². The molecule has 0 saturated carbocycles. The Hall–Kier alpha value is -5.02. The third-order valence-corrected chi connectivity index (χ3v) is 11.4. The second-order valence-corrected chi connectivity index (χ2v) is 15.7. The quantitative estimate of drug-likeness (QED) is 0.147. The number of rotatable bonds is 13. The van der Waals surface area contributed by atoms with E-state index in [0.29, 0.717) is 24.2 Å². The Labute approximate surface area is 322 Å². The number of nitrogens with zero attached hydrogens (tertiary/aromatic N) is 4. The van der Waals surface area contributed by atoms with E-state index in [-0.39, 0.29) is 30.1 Å². The molecule has 13 heteroatoms. The summed E-state index contributed by atoms with van der Waals surface area (Å²) in [4.78, 5) is 27.4. The zero-order chi connectivity index (χ0) is 38.2. The second kappa shape index (κ2) is 17.6. The normalized spacial score (nSPS) is 19.8. The number of aliphatic hydroxyl groups is 1. The number of benzene rings is 4. The Bertz CT molecular complexity index is 2120. The first-order valence-corrected chi connectivity index (χ1v) is 20.0. The van der Waals surface area contributed by atoms with Crippen molar-refractivity contribution in [2.45, 2.75) is 55.8 Å². The topological polar surface area (TPSA) is 146 Å². The first-order chi connectivity index (χ1) is 26.7. The molecule has 12 nitrogen and oxygen atoms in total. The van der Waals surface area contributed by atoms with E-state index in [9.17, 15) is 18.3 Å². The molecule has 4 aromatic carbocycles. The highest BCUT2D eigenvalue weighted by Gasteiger charge is 2.34. The Morgan fingerprint density at radius 2 is 1.56 bits per heavy atom. The highest BCUT2D eigenvalue weighted by molar-refractivity contribution is 7.89. The van der Waals surface area contributed by atoms with E-state index in [2.05, 4.69) is 29.8 Å². The van der Waals surface area contributed by atoms with E-state index in [0.717, 1.165) is 54.4 Å². The number of hydrogen-bond donors (Lipinski definition) is 3. The van der Waals surface area contributed by atoms with Crippen LogP contribution in [0.5, 0.6) is 0 Å². The number of ether oxygens (including phenoxy) is 2. The van der Waals surface area contributed by atoms with Crippen LogP contribution in [0.3, 0.4) is 0 Å². The van der Waals surface area contributed by atoms with Gasteiger partial charge >= 0.3 is 0 Å². The van der Waals surface area contributed by atoms with Crippen molar-refractivity contribution in [2.24, 2.45) is 0 Å². The van der Waals surface area contributed by atoms with Crippen molar-refractivity contribution in [1.29, 1.82) is 0 Å². The molecule has 0 radical (unpaired) electrons. The van der Waals surface area contributed by atoms with Crippen LogP contribution in [-0.4, -0.2) is 79.2 Å². The fraction of sp³-hybridized carbons (Fsp3) is 0.310. The van der Waals surface area contributed by atoms with E-state index >= 15 is 0 Å². The lowest BCUT2D eigenvalue weighted by molar-refractivity contribution is -0.253. The van der Waals surface area contributed by atoms with Crippen molar-refractivity contribution in [2.75, 3.05) is 42.9 Å². The molecule has 1 amide bonds. The van der Waals surface area contributed by atoms with Crippen LogP contribution in [0.1, 0.15) is 46.6 Å². The summed E-state index contributed by atoms with van der Waals surface area (Å²) in [5, 5.41) is 12.6. The standard InChI is InChI=1S/C42H46N6O6S/c1-30-11-17-37(18-12-30)55(51,52)46-38(25-31-7-3-2-4-8-31)40(50)45-35-10-5-9-34(26-35)41-53-36(27-39(54-41)33-15-13-32(29-49)14-16-33)28-47-21-23-48(24-22-47)42-43-19-6-20-44-42/h2-20,26,36,38-39,41,46,49H,21-25,27-29H2,1H3,(H,45,50). The van der Waals surface area contributed by atoms with Crippen molar-refractivity contribution in [3.05, 3.63) is 149 Å². The van der Waals surface area contributed by atoms with Crippen LogP contribution < -0.4 is 14.9 Å². The maximum Gasteiger partial charge on any atom is 0.242 e. The number of nitrogens with one attached hydrogen (secondary N) is 2. The number of sulfonamides is 1. The number of aliphatic hydroxyl groups excluding tert-OH is 1. The summed E-state index contributed by atoms with van der Waals surface area (Å²) in [6, 6.07) is 31.6. The number of piperazine rings is 1. The number of amides is 1. The van der Waals surface area contributed by atoms with Gasteiger partial charge in [-0.3, -0.25) is 9.69 Å². The molecule has 2 saturated heterocycles. The number of carbonyl (C=O) groups is 1. The highest BCUT2D eigenvalue weighted by Crippen LogP contribution is 2.39. The fourth-order valence-corrected chi connectivity index (χ4v) is 8.10. The van der Waals surface area contributed by atoms with E-state index in [1.54, 1.807) is 30.6 Å². The van der Waals surface area contributed by atoms with Crippen molar-refractivity contribution >= 4 is 27.6 Å². The van der Waals surface area contributed by atoms with E-state index in [1.165, 1.54) is 12.1 Å². The van der Waals surface area contributed by atoms with Gasteiger partial charge in [-0.25, -0.2) is 18.4 Å². The number of aryl methyl sites for hydroxylation is 1. The molecule has 1 aromatic heterocycles. The Morgan fingerprint density at radius 3 is 2.27 bits per heavy atom. The van der Waals surface area contributed by atoms with Gasteiger partial charge in [0.15, 0.2) is 6.29 Å². The van der Waals surface area contributed by atoms with Crippen molar-refractivity contribution in [3.63, 3.8) is 0 Å². The lowest BCUT2D eigenvalue weighted by atomic mass is 9.99. The fourth-order valence-electron chi connectivity index (χ4n) is 6.91. The smallest absolute Gasteiger partial charge is 0.242 e. The average molecular weight is 763 g/mol. The van der Waals surface area contributed by atoms with E-state index in [4.69, 9.17) is 9.47 Å². The van der Waals surface area contributed by atoms with Gasteiger partial charge < -0.3 is 24.8 Å². The van der Waals surface area contributed by atoms with Gasteiger partial charge in [-0.15, -0.1) is 0 Å². The molecule has 286 valence electrons. The summed E-state index contributed by atoms with van der Waals surface area (Å²) in [6.07, 6.45) is 3.13. The lowest BCUT2D eigenvalue weighted by Gasteiger charge is -2.40. The molecule has 4 atom stereocenters. The molecule has 2 fully saturated rings. The Morgan fingerprint density at radius 1 is 0.836 bits per heavy atom. The van der Waals surface area contributed by atoms with Crippen LogP contribution in [0.4, 0.5) is 11.6 Å². The predicted molar refractivity (Wildman–Crippen MR) is 210 cm³/mol. The number of anilines is 2. The van der Waals surface area contributed by atoms with Crippen LogP contribution in [0.25, 0.3) is 0 Å². The van der Waals surface area contributed by atoms with Crippen LogP contribution in [-0.2, 0) is 37.3 Å². The van der Waals surface area contributed by atoms with Crippen LogP contribution >= 0.6 is 0 Å². The molecule has 55 heavy (non-hydrogen) atoms. The molecule has 7 rings (SSSR count). The van der Waals surface area contributed by atoms with Crippen molar-refractivity contribution in [3.8, 4) is 0 Å². The molecular formula is C42H46N6O6S. The molecular weight excluding hydrogens is 717 g/mol. The van der Waals surface area contributed by atoms with Crippen molar-refractivity contribution < 1.29 is 27.8 Å². The largest absolute Gasteiger partial charge is 0.392 e. The molecule has 0 spiro atoms. The summed E-state index contributed by atoms with van der Waals surface area (Å²) in [7, 11) is -4.01. The first kappa shape index (κ1) is 38.3. The third-order valence-electron chi connectivity index (χ3n) is 9.94. The maximum atomic E-state index is 13.9. The molecule has 3 N–H and O–H groups in total. The van der Waals surface area contributed by atoms with Gasteiger partial charge in [-0.2, -0.15) is 4.72 Å². The number of hydrogen-bond acceptors (Lipinski definition) is 10. The number of aromatic nitrogens is 2. The van der Waals surface area contributed by atoms with E-state index < -0.39 is 28.3 Å². The Kier molecular flexibility index (Phi) is 12.3. The van der Waals surface area contributed by atoms with Gasteiger partial charge in [-0.05, 0) is 60.4 Å². The molecule has 0 bridgehead atoms.